The zero-order valence-electron chi connectivity index (χ0n) is 9.27. The molecule has 1 aromatic rings. The molecule has 0 saturated carbocycles. The highest BCUT2D eigenvalue weighted by Gasteiger charge is 2.01. The van der Waals surface area contributed by atoms with Crippen LogP contribution in [0, 0.1) is 18.8 Å². The van der Waals surface area contributed by atoms with Gasteiger partial charge in [0.25, 0.3) is 0 Å². The predicted octanol–water partition coefficient (Wildman–Crippen LogP) is 3.53. The molecule has 0 saturated heterocycles. The number of hydrogen-bond donors (Lipinski definition) is 1. The third-order valence-corrected chi connectivity index (χ3v) is 2.83. The van der Waals surface area contributed by atoms with Crippen molar-refractivity contribution in [3.8, 4) is 11.8 Å². The summed E-state index contributed by atoms with van der Waals surface area (Å²) in [6.07, 6.45) is 7.24. The normalized spacial score (nSPS) is 18.6. The Morgan fingerprint density at radius 2 is 2.19 bits per heavy atom. The quantitative estimate of drug-likeness (QED) is 0.508. The van der Waals surface area contributed by atoms with Crippen LogP contribution >= 0.6 is 12.6 Å². The molecule has 0 N–H and O–H groups in total. The largest absolute Gasteiger partial charge is 0.171 e. The summed E-state index contributed by atoms with van der Waals surface area (Å²) in [7, 11) is 0. The van der Waals surface area contributed by atoms with Gasteiger partial charge in [-0.3, -0.25) is 0 Å². The van der Waals surface area contributed by atoms with Crippen LogP contribution in [0.25, 0.3) is 0 Å². The molecule has 1 aromatic carbocycles. The molecule has 0 nitrogen and oxygen atoms in total. The van der Waals surface area contributed by atoms with Crippen LogP contribution < -0.4 is 0 Å². The van der Waals surface area contributed by atoms with E-state index in [0.717, 1.165) is 17.6 Å². The molecule has 1 unspecified atom stereocenters. The standard InChI is InChI=1S/C15H14S/c1-12-3-2-4-14(11-12)6-5-13-7-9-15(16)10-8-13/h2-4,7-9,11,15-16H,10H2,1H3. The first-order valence-electron chi connectivity index (χ1n) is 5.39. The van der Waals surface area contributed by atoms with E-state index < -0.39 is 0 Å². The monoisotopic (exact) mass is 226 g/mol. The van der Waals surface area contributed by atoms with Crippen molar-refractivity contribution in [2.75, 3.05) is 0 Å². The molecule has 2 rings (SSSR count). The van der Waals surface area contributed by atoms with Gasteiger partial charge in [0.2, 0.25) is 0 Å². The summed E-state index contributed by atoms with van der Waals surface area (Å²) < 4.78 is 0. The first-order valence-corrected chi connectivity index (χ1v) is 5.91. The van der Waals surface area contributed by atoms with Crippen LogP contribution in [0.4, 0.5) is 0 Å². The van der Waals surface area contributed by atoms with Crippen LogP contribution in [0.15, 0.2) is 48.1 Å². The molecular formula is C15H14S. The molecule has 0 heterocycles. The fourth-order valence-corrected chi connectivity index (χ4v) is 1.76. The fraction of sp³-hybridized carbons (Fsp3) is 0.200. The van der Waals surface area contributed by atoms with Crippen LogP contribution in [0.1, 0.15) is 17.5 Å². The van der Waals surface area contributed by atoms with E-state index in [1.165, 1.54) is 5.56 Å². The van der Waals surface area contributed by atoms with Gasteiger partial charge in [-0.2, -0.15) is 12.6 Å². The molecule has 1 heteroatoms. The maximum Gasteiger partial charge on any atom is 0.0251 e. The molecule has 16 heavy (non-hydrogen) atoms. The van der Waals surface area contributed by atoms with E-state index in [2.05, 4.69) is 55.7 Å². The highest BCUT2D eigenvalue weighted by Crippen LogP contribution is 2.14. The van der Waals surface area contributed by atoms with Gasteiger partial charge in [0.05, 0.1) is 0 Å². The third-order valence-electron chi connectivity index (χ3n) is 2.45. The lowest BCUT2D eigenvalue weighted by molar-refractivity contribution is 1.06. The summed E-state index contributed by atoms with van der Waals surface area (Å²) in [5, 5.41) is 0.351. The average Bonchev–Trinajstić information content (AvgIpc) is 2.28. The van der Waals surface area contributed by atoms with Crippen LogP contribution in [-0.2, 0) is 0 Å². The maximum absolute atomic E-state index is 4.37. The second-order valence-electron chi connectivity index (χ2n) is 3.94. The van der Waals surface area contributed by atoms with Gasteiger partial charge in [-0.1, -0.05) is 36.1 Å². The molecule has 0 fully saturated rings. The Bertz CT molecular complexity index is 498. The predicted molar refractivity (Wildman–Crippen MR) is 72.7 cm³/mol. The number of thiol groups is 1. The lowest BCUT2D eigenvalue weighted by Crippen LogP contribution is -1.96. The van der Waals surface area contributed by atoms with Gasteiger partial charge in [0, 0.05) is 16.4 Å². The van der Waals surface area contributed by atoms with E-state index in [-0.39, 0.29) is 0 Å². The summed E-state index contributed by atoms with van der Waals surface area (Å²) in [6, 6.07) is 8.25. The molecule has 0 spiro atoms. The van der Waals surface area contributed by atoms with Gasteiger partial charge < -0.3 is 0 Å². The van der Waals surface area contributed by atoms with E-state index in [4.69, 9.17) is 0 Å². The van der Waals surface area contributed by atoms with Crippen molar-refractivity contribution in [1.82, 2.24) is 0 Å². The highest BCUT2D eigenvalue weighted by molar-refractivity contribution is 7.81. The number of hydrogen-bond acceptors (Lipinski definition) is 1. The fourth-order valence-electron chi connectivity index (χ4n) is 1.57. The second kappa shape index (κ2) is 5.09. The number of aryl methyl sites for hydroxylation is 1. The third kappa shape index (κ3) is 3.05. The molecule has 1 aliphatic carbocycles. The molecule has 0 radical (unpaired) electrons. The van der Waals surface area contributed by atoms with Crippen LogP contribution in [0.3, 0.4) is 0 Å². The summed E-state index contributed by atoms with van der Waals surface area (Å²) in [6.45, 7) is 2.08. The molecule has 0 aromatic heterocycles. The molecule has 0 amide bonds. The van der Waals surface area contributed by atoms with Gasteiger partial charge in [-0.25, -0.2) is 0 Å². The Hall–Kier alpha value is -1.39. The minimum Gasteiger partial charge on any atom is -0.171 e. The van der Waals surface area contributed by atoms with Crippen molar-refractivity contribution in [2.45, 2.75) is 18.6 Å². The number of benzene rings is 1. The van der Waals surface area contributed by atoms with E-state index >= 15 is 0 Å². The van der Waals surface area contributed by atoms with Crippen molar-refractivity contribution in [3.63, 3.8) is 0 Å². The van der Waals surface area contributed by atoms with E-state index in [1.54, 1.807) is 0 Å². The molecule has 80 valence electrons. The average molecular weight is 226 g/mol. The Labute approximate surface area is 102 Å². The zero-order valence-corrected chi connectivity index (χ0v) is 10.2. The van der Waals surface area contributed by atoms with Gasteiger partial charge in [-0.15, -0.1) is 0 Å². The lowest BCUT2D eigenvalue weighted by Gasteiger charge is -2.06. The van der Waals surface area contributed by atoms with Crippen molar-refractivity contribution in [1.29, 1.82) is 0 Å². The van der Waals surface area contributed by atoms with Gasteiger partial charge in [-0.05, 0) is 37.1 Å². The van der Waals surface area contributed by atoms with Gasteiger partial charge >= 0.3 is 0 Å². The Morgan fingerprint density at radius 3 is 2.88 bits per heavy atom. The summed E-state index contributed by atoms with van der Waals surface area (Å²) >= 11 is 4.37. The van der Waals surface area contributed by atoms with Crippen LogP contribution in [0.5, 0.6) is 0 Å². The molecule has 0 bridgehead atoms. The van der Waals surface area contributed by atoms with E-state index in [9.17, 15) is 0 Å². The molecule has 1 aliphatic rings. The summed E-state index contributed by atoms with van der Waals surface area (Å²) in [5.74, 6) is 6.35. The van der Waals surface area contributed by atoms with E-state index in [1.807, 2.05) is 18.2 Å². The van der Waals surface area contributed by atoms with Crippen molar-refractivity contribution >= 4 is 12.6 Å². The van der Waals surface area contributed by atoms with Crippen molar-refractivity contribution in [3.05, 3.63) is 59.2 Å². The van der Waals surface area contributed by atoms with Gasteiger partial charge in [0.15, 0.2) is 0 Å². The first kappa shape index (κ1) is 11.1. The molecular weight excluding hydrogens is 212 g/mol. The number of rotatable bonds is 0. The Kier molecular flexibility index (Phi) is 3.54. The van der Waals surface area contributed by atoms with Crippen molar-refractivity contribution < 1.29 is 0 Å². The molecule has 0 aliphatic heterocycles. The highest BCUT2D eigenvalue weighted by atomic mass is 32.1. The topological polar surface area (TPSA) is 0 Å². The number of allylic oxidation sites excluding steroid dienone is 3. The zero-order chi connectivity index (χ0) is 11.4. The van der Waals surface area contributed by atoms with E-state index in [0.29, 0.717) is 5.25 Å². The smallest absolute Gasteiger partial charge is 0.0251 e. The summed E-state index contributed by atoms with van der Waals surface area (Å²) in [4.78, 5) is 0. The van der Waals surface area contributed by atoms with Gasteiger partial charge in [0.1, 0.15) is 0 Å². The Balaban J connectivity index is 2.14. The van der Waals surface area contributed by atoms with Crippen LogP contribution in [0.2, 0.25) is 0 Å². The maximum atomic E-state index is 4.37. The van der Waals surface area contributed by atoms with Crippen molar-refractivity contribution in [2.24, 2.45) is 0 Å². The second-order valence-corrected chi connectivity index (χ2v) is 4.60. The Morgan fingerprint density at radius 1 is 1.31 bits per heavy atom. The van der Waals surface area contributed by atoms with Crippen LogP contribution in [-0.4, -0.2) is 5.25 Å². The lowest BCUT2D eigenvalue weighted by atomic mass is 10.1. The minimum atomic E-state index is 0.351. The molecule has 1 atom stereocenters. The SMILES string of the molecule is Cc1cccc(C#CC2=CCC(S)C=C2)c1. The minimum absolute atomic E-state index is 0.351. The first-order chi connectivity index (χ1) is 7.74. The summed E-state index contributed by atoms with van der Waals surface area (Å²) in [5.41, 5.74) is 3.41.